The van der Waals surface area contributed by atoms with Crippen LogP contribution >= 0.6 is 0 Å². The first-order chi connectivity index (χ1) is 6.81. The van der Waals surface area contributed by atoms with Crippen LogP contribution in [0, 0.1) is 0 Å². The van der Waals surface area contributed by atoms with Crippen molar-refractivity contribution in [1.29, 1.82) is 0 Å². The molecule has 72 valence electrons. The molecule has 0 spiro atoms. The highest BCUT2D eigenvalue weighted by atomic mass is 15.1. The number of nitrogens with zero attached hydrogens (tertiary/aromatic N) is 3. The Morgan fingerprint density at radius 1 is 1.36 bits per heavy atom. The lowest BCUT2D eigenvalue weighted by Crippen LogP contribution is -1.95. The van der Waals surface area contributed by atoms with E-state index in [1.165, 1.54) is 0 Å². The van der Waals surface area contributed by atoms with Crippen molar-refractivity contribution >= 4 is 0 Å². The van der Waals surface area contributed by atoms with Gasteiger partial charge in [0, 0.05) is 37.7 Å². The molecule has 0 aromatic carbocycles. The van der Waals surface area contributed by atoms with E-state index >= 15 is 0 Å². The van der Waals surface area contributed by atoms with Gasteiger partial charge < -0.3 is 10.3 Å². The molecule has 0 saturated carbocycles. The van der Waals surface area contributed by atoms with Crippen LogP contribution in [0.3, 0.4) is 0 Å². The second kappa shape index (κ2) is 3.59. The first-order valence-corrected chi connectivity index (χ1v) is 4.44. The summed E-state index contributed by atoms with van der Waals surface area (Å²) < 4.78 is 1.97. The van der Waals surface area contributed by atoms with E-state index in [9.17, 15) is 0 Å². The Labute approximate surface area is 82.4 Å². The van der Waals surface area contributed by atoms with Gasteiger partial charge in [0.05, 0.1) is 5.69 Å². The lowest BCUT2D eigenvalue weighted by atomic mass is 10.2. The number of nitrogens with two attached hydrogens (primary N) is 1. The van der Waals surface area contributed by atoms with Crippen LogP contribution in [0.25, 0.3) is 11.4 Å². The predicted octanol–water partition coefficient (Wildman–Crippen LogP) is 0.941. The molecule has 0 aliphatic rings. The minimum Gasteiger partial charge on any atom is -0.334 e. The Morgan fingerprint density at radius 3 is 2.64 bits per heavy atom. The van der Waals surface area contributed by atoms with Crippen LogP contribution in [0.1, 0.15) is 5.69 Å². The molecule has 4 heteroatoms. The van der Waals surface area contributed by atoms with Gasteiger partial charge in [-0.15, -0.1) is 0 Å². The first kappa shape index (κ1) is 8.90. The summed E-state index contributed by atoms with van der Waals surface area (Å²) >= 11 is 0. The molecular formula is C10H12N4. The number of aryl methyl sites for hydroxylation is 1. The molecule has 0 fully saturated rings. The summed E-state index contributed by atoms with van der Waals surface area (Å²) in [6.45, 7) is 0.471. The molecule has 0 aliphatic heterocycles. The van der Waals surface area contributed by atoms with E-state index in [1.807, 2.05) is 29.9 Å². The van der Waals surface area contributed by atoms with Crippen LogP contribution < -0.4 is 5.73 Å². The van der Waals surface area contributed by atoms with Gasteiger partial charge >= 0.3 is 0 Å². The van der Waals surface area contributed by atoms with Gasteiger partial charge in [0.1, 0.15) is 5.82 Å². The predicted molar refractivity (Wildman–Crippen MR) is 54.3 cm³/mol. The molecule has 2 aromatic heterocycles. The molecule has 0 amide bonds. The Kier molecular flexibility index (Phi) is 2.28. The van der Waals surface area contributed by atoms with E-state index < -0.39 is 0 Å². The molecular weight excluding hydrogens is 176 g/mol. The van der Waals surface area contributed by atoms with Gasteiger partial charge in [-0.3, -0.25) is 4.98 Å². The van der Waals surface area contributed by atoms with Gasteiger partial charge in [-0.05, 0) is 12.1 Å². The first-order valence-electron chi connectivity index (χ1n) is 4.44. The van der Waals surface area contributed by atoms with Crippen molar-refractivity contribution in [2.45, 2.75) is 6.54 Å². The second-order valence-electron chi connectivity index (χ2n) is 3.11. The van der Waals surface area contributed by atoms with E-state index in [2.05, 4.69) is 9.97 Å². The van der Waals surface area contributed by atoms with E-state index in [0.717, 1.165) is 17.1 Å². The van der Waals surface area contributed by atoms with Crippen LogP contribution in [-0.4, -0.2) is 14.5 Å². The van der Waals surface area contributed by atoms with Gasteiger partial charge in [0.2, 0.25) is 0 Å². The molecule has 14 heavy (non-hydrogen) atoms. The zero-order valence-corrected chi connectivity index (χ0v) is 8.01. The Morgan fingerprint density at radius 2 is 2.07 bits per heavy atom. The highest BCUT2D eigenvalue weighted by Gasteiger charge is 2.05. The smallest absolute Gasteiger partial charge is 0.140 e. The fourth-order valence-corrected chi connectivity index (χ4v) is 1.40. The molecule has 2 aromatic rings. The van der Waals surface area contributed by atoms with E-state index in [0.29, 0.717) is 6.54 Å². The average Bonchev–Trinajstić information content (AvgIpc) is 2.61. The lowest BCUT2D eigenvalue weighted by molar-refractivity contribution is 0.920. The van der Waals surface area contributed by atoms with Gasteiger partial charge in [-0.25, -0.2) is 4.98 Å². The number of hydrogen-bond donors (Lipinski definition) is 1. The third-order valence-corrected chi connectivity index (χ3v) is 2.07. The summed E-state index contributed by atoms with van der Waals surface area (Å²) in [5.74, 6) is 0.924. The van der Waals surface area contributed by atoms with Crippen molar-refractivity contribution in [3.8, 4) is 11.4 Å². The van der Waals surface area contributed by atoms with Gasteiger partial charge in [-0.1, -0.05) is 0 Å². The average molecular weight is 188 g/mol. The Balaban J connectivity index is 2.46. The van der Waals surface area contributed by atoms with Gasteiger partial charge in [0.25, 0.3) is 0 Å². The van der Waals surface area contributed by atoms with Crippen molar-refractivity contribution < 1.29 is 0 Å². The van der Waals surface area contributed by atoms with Crippen LogP contribution in [0.5, 0.6) is 0 Å². The van der Waals surface area contributed by atoms with Crippen molar-refractivity contribution in [2.75, 3.05) is 0 Å². The minimum absolute atomic E-state index is 0.471. The SMILES string of the molecule is Cn1cc(CN)nc1-c1ccncc1. The third kappa shape index (κ3) is 1.52. The third-order valence-electron chi connectivity index (χ3n) is 2.07. The molecule has 2 N–H and O–H groups in total. The minimum atomic E-state index is 0.471. The summed E-state index contributed by atoms with van der Waals surface area (Å²) in [5.41, 5.74) is 7.48. The maximum atomic E-state index is 5.52. The number of pyridine rings is 1. The van der Waals surface area contributed by atoms with Crippen LogP contribution in [0.4, 0.5) is 0 Å². The molecule has 2 rings (SSSR count). The normalized spacial score (nSPS) is 10.4. The maximum Gasteiger partial charge on any atom is 0.140 e. The van der Waals surface area contributed by atoms with Crippen LogP contribution in [-0.2, 0) is 13.6 Å². The summed E-state index contributed by atoms with van der Waals surface area (Å²) in [6, 6.07) is 3.87. The maximum absolute atomic E-state index is 5.52. The summed E-state index contributed by atoms with van der Waals surface area (Å²) in [5, 5.41) is 0. The lowest BCUT2D eigenvalue weighted by Gasteiger charge is -1.99. The van der Waals surface area contributed by atoms with Gasteiger partial charge in [-0.2, -0.15) is 0 Å². The van der Waals surface area contributed by atoms with Gasteiger partial charge in [0.15, 0.2) is 0 Å². The standard InChI is InChI=1S/C10H12N4/c1-14-7-9(6-11)13-10(14)8-2-4-12-5-3-8/h2-5,7H,6,11H2,1H3. The quantitative estimate of drug-likeness (QED) is 0.763. The van der Waals surface area contributed by atoms with Crippen LogP contribution in [0.2, 0.25) is 0 Å². The largest absolute Gasteiger partial charge is 0.334 e. The second-order valence-corrected chi connectivity index (χ2v) is 3.11. The molecule has 0 saturated heterocycles. The Bertz CT molecular complexity index is 419. The number of hydrogen-bond acceptors (Lipinski definition) is 3. The molecule has 2 heterocycles. The summed E-state index contributed by atoms with van der Waals surface area (Å²) in [6.07, 6.45) is 5.45. The summed E-state index contributed by atoms with van der Waals surface area (Å²) in [4.78, 5) is 8.37. The Hall–Kier alpha value is -1.68. The van der Waals surface area contributed by atoms with E-state index in [-0.39, 0.29) is 0 Å². The van der Waals surface area contributed by atoms with Crippen molar-refractivity contribution in [1.82, 2.24) is 14.5 Å². The summed E-state index contributed by atoms with van der Waals surface area (Å²) in [7, 11) is 1.96. The molecule has 0 atom stereocenters. The molecule has 0 aliphatic carbocycles. The monoisotopic (exact) mass is 188 g/mol. The number of aromatic nitrogens is 3. The highest BCUT2D eigenvalue weighted by molar-refractivity contribution is 5.54. The zero-order valence-electron chi connectivity index (χ0n) is 8.01. The zero-order chi connectivity index (χ0) is 9.97. The topological polar surface area (TPSA) is 56.7 Å². The molecule has 0 radical (unpaired) electrons. The van der Waals surface area contributed by atoms with E-state index in [4.69, 9.17) is 5.73 Å². The fraction of sp³-hybridized carbons (Fsp3) is 0.200. The van der Waals surface area contributed by atoms with Crippen molar-refractivity contribution in [3.63, 3.8) is 0 Å². The van der Waals surface area contributed by atoms with Crippen molar-refractivity contribution in [3.05, 3.63) is 36.4 Å². The number of rotatable bonds is 2. The van der Waals surface area contributed by atoms with E-state index in [1.54, 1.807) is 12.4 Å². The molecule has 4 nitrogen and oxygen atoms in total. The fourth-order valence-electron chi connectivity index (χ4n) is 1.40. The number of imidazole rings is 1. The molecule has 0 bridgehead atoms. The van der Waals surface area contributed by atoms with Crippen LogP contribution in [0.15, 0.2) is 30.7 Å². The highest BCUT2D eigenvalue weighted by Crippen LogP contribution is 2.16. The molecule has 0 unspecified atom stereocenters. The van der Waals surface area contributed by atoms with Crippen molar-refractivity contribution in [2.24, 2.45) is 12.8 Å².